The lowest BCUT2D eigenvalue weighted by atomic mass is 10.3. The summed E-state index contributed by atoms with van der Waals surface area (Å²) in [6.07, 6.45) is 1.97. The van der Waals surface area contributed by atoms with E-state index >= 15 is 0 Å². The third-order valence-electron chi connectivity index (χ3n) is 2.11. The first-order valence-electron chi connectivity index (χ1n) is 4.53. The molecule has 2 aliphatic heterocycles. The monoisotopic (exact) mass is 200 g/mol. The highest BCUT2D eigenvalue weighted by Gasteiger charge is 2.46. The summed E-state index contributed by atoms with van der Waals surface area (Å²) in [5.41, 5.74) is 0. The third-order valence-corrected chi connectivity index (χ3v) is 2.11. The molecule has 2 rings (SSSR count). The molecule has 0 aromatic carbocycles. The Kier molecular flexibility index (Phi) is 2.54. The molecular formula is C9H12O5. The molecule has 2 heterocycles. The molecule has 0 amide bonds. The maximum Gasteiger partial charge on any atom is 0.332 e. The van der Waals surface area contributed by atoms with E-state index in [-0.39, 0.29) is 6.61 Å². The number of carbonyl (C=O) groups excluding carboxylic acids is 1. The minimum absolute atomic E-state index is 0.208. The van der Waals surface area contributed by atoms with Gasteiger partial charge in [0.2, 0.25) is 6.29 Å². The van der Waals surface area contributed by atoms with Gasteiger partial charge >= 0.3 is 5.97 Å². The number of hydrogen-bond acceptors (Lipinski definition) is 5. The highest BCUT2D eigenvalue weighted by Crippen LogP contribution is 2.34. The van der Waals surface area contributed by atoms with Crippen molar-refractivity contribution in [3.05, 3.63) is 12.7 Å². The van der Waals surface area contributed by atoms with Crippen LogP contribution in [0.2, 0.25) is 0 Å². The van der Waals surface area contributed by atoms with Crippen molar-refractivity contribution in [1.82, 2.24) is 0 Å². The molecule has 0 saturated carbocycles. The van der Waals surface area contributed by atoms with E-state index in [0.717, 1.165) is 12.5 Å². The Morgan fingerprint density at radius 2 is 2.43 bits per heavy atom. The average molecular weight is 200 g/mol. The van der Waals surface area contributed by atoms with Gasteiger partial charge in [-0.1, -0.05) is 6.58 Å². The first-order chi connectivity index (χ1) is 6.74. The fraction of sp³-hybridized carbons (Fsp3) is 0.667. The van der Waals surface area contributed by atoms with Gasteiger partial charge in [0.25, 0.3) is 5.97 Å². The van der Waals surface area contributed by atoms with Crippen LogP contribution in [0, 0.1) is 0 Å². The first-order valence-corrected chi connectivity index (χ1v) is 4.53. The molecule has 2 unspecified atom stereocenters. The molecule has 0 bridgehead atoms. The van der Waals surface area contributed by atoms with Gasteiger partial charge in [0, 0.05) is 12.5 Å². The van der Waals surface area contributed by atoms with E-state index in [1.807, 2.05) is 0 Å². The van der Waals surface area contributed by atoms with E-state index in [1.165, 1.54) is 0 Å². The van der Waals surface area contributed by atoms with Crippen LogP contribution in [0.15, 0.2) is 12.7 Å². The molecule has 2 atom stereocenters. The number of hydrogen-bond donors (Lipinski definition) is 0. The summed E-state index contributed by atoms with van der Waals surface area (Å²) in [5.74, 6) is -1.49. The van der Waals surface area contributed by atoms with E-state index in [4.69, 9.17) is 18.9 Å². The SMILES string of the molecule is C=CC(=O)OC1COC2(CCCO2)O1. The molecule has 14 heavy (non-hydrogen) atoms. The number of esters is 1. The van der Waals surface area contributed by atoms with Gasteiger partial charge in [-0.15, -0.1) is 0 Å². The predicted octanol–water partition coefficient (Wildman–Crippen LogP) is 0.553. The van der Waals surface area contributed by atoms with Crippen molar-refractivity contribution in [3.63, 3.8) is 0 Å². The highest BCUT2D eigenvalue weighted by atomic mass is 16.9. The van der Waals surface area contributed by atoms with Gasteiger partial charge in [0.15, 0.2) is 0 Å². The van der Waals surface area contributed by atoms with Crippen LogP contribution in [0.4, 0.5) is 0 Å². The fourth-order valence-electron chi connectivity index (χ4n) is 1.49. The third kappa shape index (κ3) is 1.79. The smallest absolute Gasteiger partial charge is 0.332 e. The summed E-state index contributed by atoms with van der Waals surface area (Å²) in [6, 6.07) is 0. The first kappa shape index (κ1) is 9.64. The van der Waals surface area contributed by atoms with E-state index in [1.54, 1.807) is 0 Å². The molecule has 78 valence electrons. The number of carbonyl (C=O) groups is 1. The van der Waals surface area contributed by atoms with Crippen LogP contribution >= 0.6 is 0 Å². The van der Waals surface area contributed by atoms with Gasteiger partial charge in [-0.2, -0.15) is 0 Å². The molecule has 0 radical (unpaired) electrons. The second kappa shape index (κ2) is 3.68. The Morgan fingerprint density at radius 1 is 1.57 bits per heavy atom. The van der Waals surface area contributed by atoms with Crippen LogP contribution in [-0.2, 0) is 23.7 Å². The van der Waals surface area contributed by atoms with E-state index in [0.29, 0.717) is 13.0 Å². The lowest BCUT2D eigenvalue weighted by Crippen LogP contribution is -2.30. The van der Waals surface area contributed by atoms with Crippen molar-refractivity contribution in [1.29, 1.82) is 0 Å². The molecule has 1 spiro atoms. The zero-order valence-electron chi connectivity index (χ0n) is 7.73. The van der Waals surface area contributed by atoms with Crippen LogP contribution in [0.1, 0.15) is 12.8 Å². The molecule has 2 aliphatic rings. The van der Waals surface area contributed by atoms with Crippen LogP contribution in [0.25, 0.3) is 0 Å². The second-order valence-corrected chi connectivity index (χ2v) is 3.13. The van der Waals surface area contributed by atoms with E-state index in [2.05, 4.69) is 6.58 Å². The van der Waals surface area contributed by atoms with Crippen molar-refractivity contribution in [2.45, 2.75) is 25.1 Å². The molecule has 0 aromatic heterocycles. The van der Waals surface area contributed by atoms with Gasteiger partial charge in [0.1, 0.15) is 6.61 Å². The summed E-state index contributed by atoms with van der Waals surface area (Å²) < 4.78 is 20.8. The Hall–Kier alpha value is -0.910. The van der Waals surface area contributed by atoms with Crippen molar-refractivity contribution in [2.24, 2.45) is 0 Å². The minimum atomic E-state index is -0.966. The summed E-state index contributed by atoms with van der Waals surface area (Å²) >= 11 is 0. The minimum Gasteiger partial charge on any atom is -0.430 e. The van der Waals surface area contributed by atoms with Crippen molar-refractivity contribution < 1.29 is 23.7 Å². The topological polar surface area (TPSA) is 54.0 Å². The van der Waals surface area contributed by atoms with E-state index < -0.39 is 18.2 Å². The molecule has 0 aromatic rings. The molecular weight excluding hydrogens is 188 g/mol. The van der Waals surface area contributed by atoms with Gasteiger partial charge in [-0.25, -0.2) is 4.79 Å². The highest BCUT2D eigenvalue weighted by molar-refractivity contribution is 5.81. The van der Waals surface area contributed by atoms with Crippen molar-refractivity contribution in [2.75, 3.05) is 13.2 Å². The van der Waals surface area contributed by atoms with Crippen molar-refractivity contribution >= 4 is 5.97 Å². The molecule has 2 fully saturated rings. The fourth-order valence-corrected chi connectivity index (χ4v) is 1.49. The standard InChI is InChI=1S/C9H12O5/c1-2-7(10)13-8-6-12-9(14-8)4-3-5-11-9/h2,8H,1,3-6H2. The largest absolute Gasteiger partial charge is 0.430 e. The summed E-state index contributed by atoms with van der Waals surface area (Å²) in [6.45, 7) is 4.11. The normalized spacial score (nSPS) is 36.1. The molecule has 0 aliphatic carbocycles. The molecule has 5 heteroatoms. The lowest BCUT2D eigenvalue weighted by Gasteiger charge is -2.19. The van der Waals surface area contributed by atoms with Gasteiger partial charge in [0.05, 0.1) is 6.61 Å². The Balaban J connectivity index is 1.88. The molecule has 0 N–H and O–H groups in total. The summed E-state index contributed by atoms with van der Waals surface area (Å²) in [7, 11) is 0. The molecule has 5 nitrogen and oxygen atoms in total. The van der Waals surface area contributed by atoms with Crippen LogP contribution < -0.4 is 0 Å². The predicted molar refractivity (Wildman–Crippen MR) is 45.0 cm³/mol. The summed E-state index contributed by atoms with van der Waals surface area (Å²) in [4.78, 5) is 10.9. The lowest BCUT2D eigenvalue weighted by molar-refractivity contribution is -0.327. The number of ether oxygens (including phenoxy) is 4. The zero-order valence-corrected chi connectivity index (χ0v) is 7.73. The van der Waals surface area contributed by atoms with Crippen LogP contribution in [0.5, 0.6) is 0 Å². The molecule has 2 saturated heterocycles. The Bertz CT molecular complexity index is 244. The van der Waals surface area contributed by atoms with E-state index in [9.17, 15) is 4.79 Å². The van der Waals surface area contributed by atoms with Crippen LogP contribution in [0.3, 0.4) is 0 Å². The second-order valence-electron chi connectivity index (χ2n) is 3.13. The summed E-state index contributed by atoms with van der Waals surface area (Å²) in [5, 5.41) is 0. The zero-order chi connectivity index (χ0) is 10.0. The Labute approximate surface area is 81.6 Å². The Morgan fingerprint density at radius 3 is 3.07 bits per heavy atom. The van der Waals surface area contributed by atoms with Gasteiger partial charge < -0.3 is 14.2 Å². The quantitative estimate of drug-likeness (QED) is 0.481. The van der Waals surface area contributed by atoms with Crippen molar-refractivity contribution in [3.8, 4) is 0 Å². The number of rotatable bonds is 2. The van der Waals surface area contributed by atoms with Crippen LogP contribution in [-0.4, -0.2) is 31.4 Å². The van der Waals surface area contributed by atoms with Gasteiger partial charge in [-0.3, -0.25) is 4.74 Å². The van der Waals surface area contributed by atoms with Gasteiger partial charge in [-0.05, 0) is 6.42 Å². The maximum absolute atomic E-state index is 10.9. The average Bonchev–Trinajstić information content (AvgIpc) is 2.78. The maximum atomic E-state index is 10.9.